The normalized spacial score (nSPS) is 17.2. The van der Waals surface area contributed by atoms with Crippen molar-refractivity contribution in [2.75, 3.05) is 40.4 Å². The van der Waals surface area contributed by atoms with E-state index >= 15 is 0 Å². The zero-order chi connectivity index (χ0) is 18.2. The standard InChI is InChI=1S/C21H27N3O2/c1-22-21(23-12-14-26-20-10-6-9-19(15-20)25-2)24-13-11-18(16-24)17-7-4-3-5-8-17/h3-10,15,18H,11-14,16H2,1-2H3,(H,22,23). The number of hydrogen-bond donors (Lipinski definition) is 1. The first kappa shape index (κ1) is 18.1. The zero-order valence-electron chi connectivity index (χ0n) is 15.5. The van der Waals surface area contributed by atoms with E-state index in [2.05, 4.69) is 45.5 Å². The predicted octanol–water partition coefficient (Wildman–Crippen LogP) is 3.14. The van der Waals surface area contributed by atoms with Gasteiger partial charge in [-0.1, -0.05) is 36.4 Å². The fraction of sp³-hybridized carbons (Fsp3) is 0.381. The molecule has 1 fully saturated rings. The highest BCUT2D eigenvalue weighted by Gasteiger charge is 2.25. The van der Waals surface area contributed by atoms with Crippen LogP contribution in [0.3, 0.4) is 0 Å². The molecular weight excluding hydrogens is 326 g/mol. The van der Waals surface area contributed by atoms with Crippen LogP contribution < -0.4 is 14.8 Å². The number of guanidine groups is 1. The van der Waals surface area contributed by atoms with Crippen LogP contribution in [-0.4, -0.2) is 51.3 Å². The van der Waals surface area contributed by atoms with E-state index in [-0.39, 0.29) is 0 Å². The van der Waals surface area contributed by atoms with Gasteiger partial charge in [-0.3, -0.25) is 4.99 Å². The Hall–Kier alpha value is -2.69. The quantitative estimate of drug-likeness (QED) is 0.492. The van der Waals surface area contributed by atoms with E-state index in [1.807, 2.05) is 31.3 Å². The maximum atomic E-state index is 5.78. The van der Waals surface area contributed by atoms with Gasteiger partial charge >= 0.3 is 0 Å². The second-order valence-corrected chi connectivity index (χ2v) is 6.34. The predicted molar refractivity (Wildman–Crippen MR) is 105 cm³/mol. The smallest absolute Gasteiger partial charge is 0.193 e. The summed E-state index contributed by atoms with van der Waals surface area (Å²) in [7, 11) is 3.49. The first-order valence-electron chi connectivity index (χ1n) is 9.07. The Morgan fingerprint density at radius 3 is 2.73 bits per heavy atom. The molecule has 2 aromatic carbocycles. The summed E-state index contributed by atoms with van der Waals surface area (Å²) in [6.45, 7) is 3.30. The van der Waals surface area contributed by atoms with Gasteiger partial charge in [-0.15, -0.1) is 0 Å². The van der Waals surface area contributed by atoms with Gasteiger partial charge in [0.1, 0.15) is 18.1 Å². The van der Waals surface area contributed by atoms with E-state index in [0.717, 1.165) is 37.0 Å². The van der Waals surface area contributed by atoms with Gasteiger partial charge in [0, 0.05) is 32.1 Å². The molecule has 0 saturated carbocycles. The Balaban J connectivity index is 1.45. The van der Waals surface area contributed by atoms with Gasteiger partial charge in [0.2, 0.25) is 0 Å². The molecule has 1 heterocycles. The fourth-order valence-electron chi connectivity index (χ4n) is 3.30. The lowest BCUT2D eigenvalue weighted by atomic mass is 9.99. The van der Waals surface area contributed by atoms with Gasteiger partial charge in [0.05, 0.1) is 13.7 Å². The largest absolute Gasteiger partial charge is 0.497 e. The van der Waals surface area contributed by atoms with Gasteiger partial charge in [-0.05, 0) is 24.1 Å². The summed E-state index contributed by atoms with van der Waals surface area (Å²) in [6, 6.07) is 18.4. The molecule has 26 heavy (non-hydrogen) atoms. The number of aliphatic imine (C=N–C) groups is 1. The first-order valence-corrected chi connectivity index (χ1v) is 9.07. The number of ether oxygens (including phenoxy) is 2. The van der Waals surface area contributed by atoms with Crippen LogP contribution in [0.5, 0.6) is 11.5 Å². The Bertz CT molecular complexity index is 718. The molecule has 0 aliphatic carbocycles. The van der Waals surface area contributed by atoms with Crippen LogP contribution in [0.25, 0.3) is 0 Å². The Morgan fingerprint density at radius 1 is 1.15 bits per heavy atom. The molecule has 0 aromatic heterocycles. The Labute approximate surface area is 155 Å². The summed E-state index contributed by atoms with van der Waals surface area (Å²) in [5.74, 6) is 3.13. The second kappa shape index (κ2) is 9.13. The summed E-state index contributed by atoms with van der Waals surface area (Å²) >= 11 is 0. The highest BCUT2D eigenvalue weighted by Crippen LogP contribution is 2.26. The average Bonchev–Trinajstić information content (AvgIpc) is 3.19. The highest BCUT2D eigenvalue weighted by atomic mass is 16.5. The molecule has 0 bridgehead atoms. The van der Waals surface area contributed by atoms with Gasteiger partial charge in [-0.25, -0.2) is 0 Å². The number of methoxy groups -OCH3 is 1. The van der Waals surface area contributed by atoms with Crippen molar-refractivity contribution in [2.24, 2.45) is 4.99 Å². The highest BCUT2D eigenvalue weighted by molar-refractivity contribution is 5.80. The fourth-order valence-corrected chi connectivity index (χ4v) is 3.30. The van der Waals surface area contributed by atoms with Crippen LogP contribution in [0.2, 0.25) is 0 Å². The Morgan fingerprint density at radius 2 is 1.96 bits per heavy atom. The van der Waals surface area contributed by atoms with Crippen LogP contribution in [0, 0.1) is 0 Å². The summed E-state index contributed by atoms with van der Waals surface area (Å²) in [5.41, 5.74) is 1.41. The number of nitrogens with zero attached hydrogens (tertiary/aromatic N) is 2. The summed E-state index contributed by atoms with van der Waals surface area (Å²) < 4.78 is 11.0. The SMILES string of the molecule is CN=C(NCCOc1cccc(OC)c1)N1CCC(c2ccccc2)C1. The molecule has 1 atom stereocenters. The molecule has 1 aliphatic heterocycles. The van der Waals surface area contributed by atoms with Gasteiger partial charge in [0.25, 0.3) is 0 Å². The van der Waals surface area contributed by atoms with Crippen LogP contribution >= 0.6 is 0 Å². The van der Waals surface area contributed by atoms with Crippen molar-refractivity contribution in [1.82, 2.24) is 10.2 Å². The van der Waals surface area contributed by atoms with Crippen LogP contribution in [-0.2, 0) is 0 Å². The third kappa shape index (κ3) is 4.69. The molecule has 1 unspecified atom stereocenters. The molecule has 138 valence electrons. The molecule has 0 spiro atoms. The van der Waals surface area contributed by atoms with Gasteiger partial charge in [0.15, 0.2) is 5.96 Å². The van der Waals surface area contributed by atoms with Crippen molar-refractivity contribution >= 4 is 5.96 Å². The maximum Gasteiger partial charge on any atom is 0.193 e. The maximum absolute atomic E-state index is 5.78. The van der Waals surface area contributed by atoms with Crippen LogP contribution in [0.1, 0.15) is 17.9 Å². The van der Waals surface area contributed by atoms with Crippen molar-refractivity contribution in [3.8, 4) is 11.5 Å². The molecule has 1 saturated heterocycles. The summed E-state index contributed by atoms with van der Waals surface area (Å²) in [4.78, 5) is 6.75. The van der Waals surface area contributed by atoms with Crippen molar-refractivity contribution in [1.29, 1.82) is 0 Å². The number of likely N-dealkylation sites (tertiary alicyclic amines) is 1. The molecule has 1 N–H and O–H groups in total. The number of rotatable bonds is 6. The van der Waals surface area contributed by atoms with Crippen LogP contribution in [0.4, 0.5) is 0 Å². The van der Waals surface area contributed by atoms with Crippen molar-refractivity contribution in [2.45, 2.75) is 12.3 Å². The topological polar surface area (TPSA) is 46.1 Å². The van der Waals surface area contributed by atoms with E-state index in [9.17, 15) is 0 Å². The van der Waals surface area contributed by atoms with E-state index in [1.54, 1.807) is 7.11 Å². The van der Waals surface area contributed by atoms with Crippen LogP contribution in [0.15, 0.2) is 59.6 Å². The van der Waals surface area contributed by atoms with Crippen molar-refractivity contribution in [3.63, 3.8) is 0 Å². The van der Waals surface area contributed by atoms with Crippen molar-refractivity contribution < 1.29 is 9.47 Å². The summed E-state index contributed by atoms with van der Waals surface area (Å²) in [6.07, 6.45) is 1.16. The number of benzene rings is 2. The lowest BCUT2D eigenvalue weighted by Gasteiger charge is -2.22. The van der Waals surface area contributed by atoms with E-state index in [1.165, 1.54) is 5.56 Å². The van der Waals surface area contributed by atoms with E-state index in [4.69, 9.17) is 9.47 Å². The molecule has 1 aliphatic rings. The monoisotopic (exact) mass is 353 g/mol. The van der Waals surface area contributed by atoms with E-state index < -0.39 is 0 Å². The number of hydrogen-bond acceptors (Lipinski definition) is 3. The minimum absolute atomic E-state index is 0.572. The van der Waals surface area contributed by atoms with Gasteiger partial charge < -0.3 is 19.7 Å². The second-order valence-electron chi connectivity index (χ2n) is 6.34. The zero-order valence-corrected chi connectivity index (χ0v) is 15.5. The van der Waals surface area contributed by atoms with Crippen molar-refractivity contribution in [3.05, 3.63) is 60.2 Å². The summed E-state index contributed by atoms with van der Waals surface area (Å²) in [5, 5.41) is 3.40. The third-order valence-electron chi connectivity index (χ3n) is 4.67. The molecular formula is C21H27N3O2. The lowest BCUT2D eigenvalue weighted by Crippen LogP contribution is -2.41. The average molecular weight is 353 g/mol. The molecule has 3 rings (SSSR count). The molecule has 5 nitrogen and oxygen atoms in total. The third-order valence-corrected chi connectivity index (χ3v) is 4.67. The molecule has 2 aromatic rings. The minimum atomic E-state index is 0.572. The van der Waals surface area contributed by atoms with Gasteiger partial charge in [-0.2, -0.15) is 0 Å². The molecule has 0 amide bonds. The lowest BCUT2D eigenvalue weighted by molar-refractivity contribution is 0.316. The molecule has 5 heteroatoms. The Kier molecular flexibility index (Phi) is 6.36. The minimum Gasteiger partial charge on any atom is -0.497 e. The van der Waals surface area contributed by atoms with E-state index in [0.29, 0.717) is 19.1 Å². The number of nitrogens with one attached hydrogen (secondary N) is 1. The molecule has 0 radical (unpaired) electrons. The first-order chi connectivity index (χ1) is 12.8.